The van der Waals surface area contributed by atoms with Crippen LogP contribution in [0.4, 0.5) is 11.4 Å². The molecule has 0 unspecified atom stereocenters. The Morgan fingerprint density at radius 2 is 1.94 bits per heavy atom. The van der Waals surface area contributed by atoms with Gasteiger partial charge in [-0.2, -0.15) is 0 Å². The van der Waals surface area contributed by atoms with Crippen LogP contribution in [-0.4, -0.2) is 26.7 Å². The third-order valence-corrected chi connectivity index (χ3v) is 4.03. The Balaban J connectivity index is 1.94. The van der Waals surface area contributed by atoms with E-state index in [1.54, 1.807) is 7.11 Å². The molecule has 3 heteroatoms. The fourth-order valence-corrected chi connectivity index (χ4v) is 3.04. The monoisotopic (exact) mass is 246 g/mol. The van der Waals surface area contributed by atoms with Gasteiger partial charge < -0.3 is 15.0 Å². The highest BCUT2D eigenvalue weighted by molar-refractivity contribution is 5.70. The summed E-state index contributed by atoms with van der Waals surface area (Å²) >= 11 is 0. The van der Waals surface area contributed by atoms with Crippen molar-refractivity contribution >= 4 is 11.4 Å². The highest BCUT2D eigenvalue weighted by Gasteiger charge is 2.18. The summed E-state index contributed by atoms with van der Waals surface area (Å²) in [6.07, 6.45) is 6.40. The summed E-state index contributed by atoms with van der Waals surface area (Å²) in [7, 11) is 1.77. The molecule has 1 aromatic rings. The first kappa shape index (κ1) is 11.7. The number of nitrogens with zero attached hydrogens (tertiary/aromatic N) is 1. The average Bonchev–Trinajstić information content (AvgIpc) is 2.47. The topological polar surface area (TPSA) is 24.5 Å². The maximum absolute atomic E-state index is 5.55. The Kier molecular flexibility index (Phi) is 3.31. The van der Waals surface area contributed by atoms with Crippen LogP contribution in [0.15, 0.2) is 12.1 Å². The smallest absolute Gasteiger partial charge is 0.144 e. The number of anilines is 2. The third kappa shape index (κ3) is 2.14. The quantitative estimate of drug-likeness (QED) is 0.868. The molecule has 0 saturated carbocycles. The van der Waals surface area contributed by atoms with E-state index >= 15 is 0 Å². The Hall–Kier alpha value is -1.38. The lowest BCUT2D eigenvalue weighted by molar-refractivity contribution is 0.415. The van der Waals surface area contributed by atoms with Crippen molar-refractivity contribution in [1.29, 1.82) is 0 Å². The van der Waals surface area contributed by atoms with Crippen LogP contribution in [0.25, 0.3) is 0 Å². The van der Waals surface area contributed by atoms with Crippen LogP contribution in [-0.2, 0) is 6.42 Å². The minimum absolute atomic E-state index is 1.01. The summed E-state index contributed by atoms with van der Waals surface area (Å²) in [5, 5.41) is 3.47. The molecule has 0 aliphatic carbocycles. The second-order valence-electron chi connectivity index (χ2n) is 5.26. The summed E-state index contributed by atoms with van der Waals surface area (Å²) in [4.78, 5) is 2.50. The van der Waals surface area contributed by atoms with E-state index in [1.165, 1.54) is 62.1 Å². The molecule has 2 heterocycles. The Morgan fingerprint density at radius 1 is 1.11 bits per heavy atom. The van der Waals surface area contributed by atoms with E-state index < -0.39 is 0 Å². The van der Waals surface area contributed by atoms with Crippen molar-refractivity contribution in [2.45, 2.75) is 32.1 Å². The first-order valence-electron chi connectivity index (χ1n) is 7.08. The van der Waals surface area contributed by atoms with Crippen molar-refractivity contribution in [3.63, 3.8) is 0 Å². The van der Waals surface area contributed by atoms with E-state index in [0.29, 0.717) is 0 Å². The van der Waals surface area contributed by atoms with Gasteiger partial charge >= 0.3 is 0 Å². The normalized spacial score (nSPS) is 19.1. The number of piperidine rings is 1. The Labute approximate surface area is 109 Å². The second kappa shape index (κ2) is 5.09. The molecule has 1 aromatic carbocycles. The number of aryl methyl sites for hydroxylation is 1. The van der Waals surface area contributed by atoms with Gasteiger partial charge in [0.15, 0.2) is 0 Å². The number of rotatable bonds is 2. The lowest BCUT2D eigenvalue weighted by Gasteiger charge is -2.31. The van der Waals surface area contributed by atoms with Crippen LogP contribution < -0.4 is 15.0 Å². The SMILES string of the molecule is COc1cc(N2CCCCC2)cc2c1NCCC2. The van der Waals surface area contributed by atoms with E-state index in [2.05, 4.69) is 22.3 Å². The zero-order valence-corrected chi connectivity index (χ0v) is 11.2. The first-order valence-corrected chi connectivity index (χ1v) is 7.08. The van der Waals surface area contributed by atoms with E-state index in [0.717, 1.165) is 12.3 Å². The fourth-order valence-electron chi connectivity index (χ4n) is 3.04. The number of nitrogens with one attached hydrogen (secondary N) is 1. The van der Waals surface area contributed by atoms with E-state index in [4.69, 9.17) is 4.74 Å². The molecule has 98 valence electrons. The zero-order chi connectivity index (χ0) is 12.4. The largest absolute Gasteiger partial charge is 0.495 e. The number of methoxy groups -OCH3 is 1. The van der Waals surface area contributed by atoms with Crippen LogP contribution in [0.5, 0.6) is 5.75 Å². The van der Waals surface area contributed by atoms with Gasteiger partial charge in [-0.25, -0.2) is 0 Å². The fraction of sp³-hybridized carbons (Fsp3) is 0.600. The summed E-state index contributed by atoms with van der Waals surface area (Å²) in [6.45, 7) is 3.44. The molecule has 0 bridgehead atoms. The maximum Gasteiger partial charge on any atom is 0.144 e. The zero-order valence-electron chi connectivity index (χ0n) is 11.2. The molecule has 1 fully saturated rings. The molecular formula is C15H22N2O. The van der Waals surface area contributed by atoms with Crippen LogP contribution in [0, 0.1) is 0 Å². The van der Waals surface area contributed by atoms with Gasteiger partial charge in [0.2, 0.25) is 0 Å². The first-order chi connectivity index (χ1) is 8.88. The third-order valence-electron chi connectivity index (χ3n) is 4.03. The lowest BCUT2D eigenvalue weighted by atomic mass is 10.0. The van der Waals surface area contributed by atoms with Crippen molar-refractivity contribution in [3.8, 4) is 5.75 Å². The predicted molar refractivity (Wildman–Crippen MR) is 75.9 cm³/mol. The molecule has 0 radical (unpaired) electrons. The second-order valence-corrected chi connectivity index (χ2v) is 5.26. The van der Waals surface area contributed by atoms with Crippen LogP contribution in [0.1, 0.15) is 31.2 Å². The number of benzene rings is 1. The lowest BCUT2D eigenvalue weighted by Crippen LogP contribution is -2.29. The molecule has 3 rings (SSSR count). The van der Waals surface area contributed by atoms with Gasteiger partial charge in [0.1, 0.15) is 5.75 Å². The van der Waals surface area contributed by atoms with E-state index in [-0.39, 0.29) is 0 Å². The predicted octanol–water partition coefficient (Wildman–Crippen LogP) is 3.04. The Bertz CT molecular complexity index is 407. The average molecular weight is 246 g/mol. The van der Waals surface area contributed by atoms with Gasteiger partial charge in [0.25, 0.3) is 0 Å². The molecule has 2 aliphatic heterocycles. The summed E-state index contributed by atoms with van der Waals surface area (Å²) < 4.78 is 5.55. The highest BCUT2D eigenvalue weighted by atomic mass is 16.5. The number of hydrogen-bond donors (Lipinski definition) is 1. The van der Waals surface area contributed by atoms with Crippen LogP contribution in [0.2, 0.25) is 0 Å². The van der Waals surface area contributed by atoms with Crippen molar-refractivity contribution in [3.05, 3.63) is 17.7 Å². The van der Waals surface area contributed by atoms with Crippen LogP contribution >= 0.6 is 0 Å². The highest BCUT2D eigenvalue weighted by Crippen LogP contribution is 2.37. The van der Waals surface area contributed by atoms with Gasteiger partial charge in [-0.15, -0.1) is 0 Å². The standard InChI is InChI=1S/C15H22N2O/c1-18-14-11-13(17-8-3-2-4-9-17)10-12-6-5-7-16-15(12)14/h10-11,16H,2-9H2,1H3. The van der Waals surface area contributed by atoms with Gasteiger partial charge in [0.05, 0.1) is 12.8 Å². The number of ether oxygens (including phenoxy) is 1. The molecule has 1 N–H and O–H groups in total. The molecule has 2 aliphatic rings. The van der Waals surface area contributed by atoms with E-state index in [1.807, 2.05) is 0 Å². The van der Waals surface area contributed by atoms with Gasteiger partial charge in [-0.3, -0.25) is 0 Å². The summed E-state index contributed by atoms with van der Waals surface area (Å²) in [5.41, 5.74) is 3.97. The molecule has 0 aromatic heterocycles. The molecule has 0 amide bonds. The summed E-state index contributed by atoms with van der Waals surface area (Å²) in [5.74, 6) is 1.01. The minimum atomic E-state index is 1.01. The Morgan fingerprint density at radius 3 is 2.72 bits per heavy atom. The minimum Gasteiger partial charge on any atom is -0.495 e. The molecule has 18 heavy (non-hydrogen) atoms. The van der Waals surface area contributed by atoms with Gasteiger partial charge in [0, 0.05) is 31.4 Å². The molecular weight excluding hydrogens is 224 g/mol. The van der Waals surface area contributed by atoms with Crippen molar-refractivity contribution < 1.29 is 4.74 Å². The van der Waals surface area contributed by atoms with Crippen molar-refractivity contribution in [2.24, 2.45) is 0 Å². The van der Waals surface area contributed by atoms with Crippen molar-refractivity contribution in [1.82, 2.24) is 0 Å². The molecule has 0 atom stereocenters. The van der Waals surface area contributed by atoms with Crippen molar-refractivity contribution in [2.75, 3.05) is 37.0 Å². The maximum atomic E-state index is 5.55. The molecule has 3 nitrogen and oxygen atoms in total. The van der Waals surface area contributed by atoms with Crippen LogP contribution in [0.3, 0.4) is 0 Å². The number of fused-ring (bicyclic) bond motifs is 1. The van der Waals surface area contributed by atoms with Gasteiger partial charge in [-0.05, 0) is 43.7 Å². The van der Waals surface area contributed by atoms with Gasteiger partial charge in [-0.1, -0.05) is 0 Å². The number of hydrogen-bond acceptors (Lipinski definition) is 3. The molecule has 1 saturated heterocycles. The molecule has 0 spiro atoms. The van der Waals surface area contributed by atoms with E-state index in [9.17, 15) is 0 Å². The summed E-state index contributed by atoms with van der Waals surface area (Å²) in [6, 6.07) is 4.55.